The van der Waals surface area contributed by atoms with Crippen LogP contribution in [0.1, 0.15) is 0 Å². The van der Waals surface area contributed by atoms with Crippen molar-refractivity contribution in [2.45, 2.75) is 0 Å². The van der Waals surface area contributed by atoms with E-state index in [0.29, 0.717) is 0 Å². The number of hydrogen-bond acceptors (Lipinski definition) is 3. The molecule has 0 aliphatic heterocycles. The fraction of sp³-hybridized carbons (Fsp3) is 0. The molecule has 12 rings (SSSR count). The summed E-state index contributed by atoms with van der Waals surface area (Å²) in [5.41, 5.74) is 11.8. The average Bonchev–Trinajstić information content (AvgIpc) is 3.99. The first-order valence-corrected chi connectivity index (χ1v) is 19.0. The van der Waals surface area contributed by atoms with Gasteiger partial charge in [-0.2, -0.15) is 0 Å². The molecule has 0 amide bonds. The maximum Gasteiger partial charge on any atom is 0.146 e. The van der Waals surface area contributed by atoms with Crippen molar-refractivity contribution in [2.24, 2.45) is 0 Å². The molecule has 12 aromatic rings. The lowest BCUT2D eigenvalue weighted by Crippen LogP contribution is -1.97. The summed E-state index contributed by atoms with van der Waals surface area (Å²) in [7, 11) is 0. The zero-order valence-electron chi connectivity index (χ0n) is 28.9. The van der Waals surface area contributed by atoms with Crippen LogP contribution in [-0.2, 0) is 0 Å². The van der Waals surface area contributed by atoms with Crippen molar-refractivity contribution >= 4 is 86.3 Å². The Bertz CT molecular complexity index is 3400. The summed E-state index contributed by atoms with van der Waals surface area (Å²) >= 11 is 1.85. The van der Waals surface area contributed by atoms with Crippen molar-refractivity contribution in [2.75, 3.05) is 0 Å². The lowest BCUT2D eigenvalue weighted by Gasteiger charge is -2.10. The smallest absolute Gasteiger partial charge is 0.146 e. The second-order valence-electron chi connectivity index (χ2n) is 13.9. The second-order valence-corrected chi connectivity index (χ2v) is 15.0. The first kappa shape index (κ1) is 29.6. The van der Waals surface area contributed by atoms with Crippen LogP contribution >= 0.6 is 11.3 Å². The molecular formula is C49H29N3OS. The normalized spacial score (nSPS) is 12.1. The van der Waals surface area contributed by atoms with Gasteiger partial charge < -0.3 is 8.98 Å². The zero-order valence-corrected chi connectivity index (χ0v) is 29.7. The second kappa shape index (κ2) is 11.3. The molecule has 5 heteroatoms. The van der Waals surface area contributed by atoms with Crippen LogP contribution in [0.25, 0.3) is 109 Å². The molecule has 0 spiro atoms. The van der Waals surface area contributed by atoms with Crippen LogP contribution in [0.2, 0.25) is 0 Å². The number of fused-ring (bicyclic) bond motifs is 10. The first-order chi connectivity index (χ1) is 26.8. The summed E-state index contributed by atoms with van der Waals surface area (Å²) in [5.74, 6) is 0.897. The van der Waals surface area contributed by atoms with Crippen LogP contribution in [0.4, 0.5) is 0 Å². The Morgan fingerprint density at radius 2 is 1.15 bits per heavy atom. The van der Waals surface area contributed by atoms with Crippen LogP contribution in [0.3, 0.4) is 0 Å². The van der Waals surface area contributed by atoms with E-state index in [2.05, 4.69) is 173 Å². The Morgan fingerprint density at radius 1 is 0.426 bits per heavy atom. The van der Waals surface area contributed by atoms with Gasteiger partial charge in [-0.15, -0.1) is 11.3 Å². The molecule has 4 aromatic heterocycles. The fourth-order valence-corrected chi connectivity index (χ4v) is 9.73. The van der Waals surface area contributed by atoms with Crippen molar-refractivity contribution < 1.29 is 4.42 Å². The molecule has 0 radical (unpaired) electrons. The Morgan fingerprint density at radius 3 is 1.98 bits per heavy atom. The SMILES string of the molecule is c1ccc(-n2c(-c3cccc4oc5cc(-c6cccc7sc8ccc(-n9c%10ccccc%10c%10ccccc%109)cc8c67)ccc5c34)nc3ccccc32)cc1. The number of benzene rings is 8. The Balaban J connectivity index is 1.05. The molecule has 0 fully saturated rings. The van der Waals surface area contributed by atoms with E-state index in [-0.39, 0.29) is 0 Å². The highest BCUT2D eigenvalue weighted by molar-refractivity contribution is 7.26. The summed E-state index contributed by atoms with van der Waals surface area (Å²) in [6.07, 6.45) is 0. The molecule has 8 aromatic carbocycles. The van der Waals surface area contributed by atoms with Crippen LogP contribution in [0.5, 0.6) is 0 Å². The van der Waals surface area contributed by atoms with Gasteiger partial charge in [0.15, 0.2) is 0 Å². The number of hydrogen-bond donors (Lipinski definition) is 0. The molecule has 0 bridgehead atoms. The van der Waals surface area contributed by atoms with Crippen molar-refractivity contribution in [1.29, 1.82) is 0 Å². The first-order valence-electron chi connectivity index (χ1n) is 18.2. The van der Waals surface area contributed by atoms with E-state index in [0.717, 1.165) is 61.3 Å². The summed E-state index contributed by atoms with van der Waals surface area (Å²) in [5, 5.41) is 7.21. The third-order valence-corrected chi connectivity index (χ3v) is 12.1. The molecule has 54 heavy (non-hydrogen) atoms. The van der Waals surface area contributed by atoms with Gasteiger partial charge in [0, 0.05) is 58.7 Å². The van der Waals surface area contributed by atoms with Crippen molar-refractivity contribution in [3.05, 3.63) is 176 Å². The number of aromatic nitrogens is 3. The van der Waals surface area contributed by atoms with Crippen molar-refractivity contribution in [3.63, 3.8) is 0 Å². The van der Waals surface area contributed by atoms with Gasteiger partial charge >= 0.3 is 0 Å². The molecule has 0 aliphatic rings. The Hall–Kier alpha value is -6.95. The lowest BCUT2D eigenvalue weighted by atomic mass is 9.97. The van der Waals surface area contributed by atoms with E-state index in [1.54, 1.807) is 0 Å². The van der Waals surface area contributed by atoms with Crippen LogP contribution in [0, 0.1) is 0 Å². The van der Waals surface area contributed by atoms with E-state index >= 15 is 0 Å². The minimum absolute atomic E-state index is 0.848. The summed E-state index contributed by atoms with van der Waals surface area (Å²) in [6, 6.07) is 62.8. The van der Waals surface area contributed by atoms with E-state index in [4.69, 9.17) is 9.40 Å². The highest BCUT2D eigenvalue weighted by atomic mass is 32.1. The predicted molar refractivity (Wildman–Crippen MR) is 226 cm³/mol. The highest BCUT2D eigenvalue weighted by Gasteiger charge is 2.21. The maximum atomic E-state index is 6.69. The standard InChI is InChI=1S/C49H29N3OS/c1-2-12-31(13-3-1)52-42-21-9-6-18-39(42)50-49(52)37-17-10-22-43-47(37)36-26-24-30(28-44(36)53-43)33-16-11-23-46-48(33)38-29-32(25-27-45(38)54-46)51-40-19-7-4-14-34(40)35-15-5-8-20-41(35)51/h1-29H. The summed E-state index contributed by atoms with van der Waals surface area (Å²) < 4.78 is 13.9. The van der Waals surface area contributed by atoms with E-state index < -0.39 is 0 Å². The van der Waals surface area contributed by atoms with Crippen molar-refractivity contribution in [1.82, 2.24) is 14.1 Å². The molecule has 252 valence electrons. The largest absolute Gasteiger partial charge is 0.456 e. The van der Waals surface area contributed by atoms with E-state index in [9.17, 15) is 0 Å². The van der Waals surface area contributed by atoms with Crippen LogP contribution in [-0.4, -0.2) is 14.1 Å². The number of rotatable bonds is 4. The number of imidazole rings is 1. The number of para-hydroxylation sites is 5. The molecule has 0 aliphatic carbocycles. The van der Waals surface area contributed by atoms with Crippen molar-refractivity contribution in [3.8, 4) is 33.9 Å². The molecule has 4 heterocycles. The molecular weight excluding hydrogens is 679 g/mol. The third-order valence-electron chi connectivity index (χ3n) is 10.9. The fourth-order valence-electron chi connectivity index (χ4n) is 8.62. The quantitative estimate of drug-likeness (QED) is 0.183. The topological polar surface area (TPSA) is 35.9 Å². The monoisotopic (exact) mass is 707 g/mol. The Labute approximate surface area is 313 Å². The van der Waals surface area contributed by atoms with Gasteiger partial charge in [0.1, 0.15) is 17.0 Å². The van der Waals surface area contributed by atoms with Crippen LogP contribution < -0.4 is 0 Å². The predicted octanol–water partition coefficient (Wildman–Crippen LogP) is 13.7. The minimum atomic E-state index is 0.848. The van der Waals surface area contributed by atoms with Gasteiger partial charge in [-0.05, 0) is 90.0 Å². The molecule has 0 unspecified atom stereocenters. The average molecular weight is 708 g/mol. The van der Waals surface area contributed by atoms with Gasteiger partial charge in [0.05, 0.1) is 22.1 Å². The zero-order chi connectivity index (χ0) is 35.3. The summed E-state index contributed by atoms with van der Waals surface area (Å²) in [6.45, 7) is 0. The Kier molecular flexibility index (Phi) is 6.18. The molecule has 0 atom stereocenters. The van der Waals surface area contributed by atoms with Gasteiger partial charge in [-0.25, -0.2) is 4.98 Å². The molecule has 0 saturated carbocycles. The highest BCUT2D eigenvalue weighted by Crippen LogP contribution is 2.44. The van der Waals surface area contributed by atoms with Gasteiger partial charge in [0.2, 0.25) is 0 Å². The van der Waals surface area contributed by atoms with Gasteiger partial charge in [-0.1, -0.05) is 97.1 Å². The molecule has 0 saturated heterocycles. The number of thiophene rings is 1. The molecule has 0 N–H and O–H groups in total. The van der Waals surface area contributed by atoms with Crippen LogP contribution in [0.15, 0.2) is 180 Å². The lowest BCUT2D eigenvalue weighted by molar-refractivity contribution is 0.669. The number of furan rings is 1. The third kappa shape index (κ3) is 4.21. The number of nitrogens with zero attached hydrogens (tertiary/aromatic N) is 3. The maximum absolute atomic E-state index is 6.69. The van der Waals surface area contributed by atoms with Gasteiger partial charge in [-0.3, -0.25) is 4.57 Å². The summed E-state index contributed by atoms with van der Waals surface area (Å²) in [4.78, 5) is 5.20. The van der Waals surface area contributed by atoms with Gasteiger partial charge in [0.25, 0.3) is 0 Å². The minimum Gasteiger partial charge on any atom is -0.456 e. The van der Waals surface area contributed by atoms with E-state index in [1.807, 2.05) is 23.5 Å². The van der Waals surface area contributed by atoms with E-state index in [1.165, 1.54) is 47.5 Å². The molecule has 4 nitrogen and oxygen atoms in total.